The van der Waals surface area contributed by atoms with Crippen molar-refractivity contribution in [1.29, 1.82) is 0 Å². The molecule has 19 heavy (non-hydrogen) atoms. The smallest absolute Gasteiger partial charge is 0.0949 e. The topological polar surface area (TPSA) is 57.4 Å². The monoisotopic (exact) mass is 260 g/mol. The molecule has 0 saturated heterocycles. The van der Waals surface area contributed by atoms with Gasteiger partial charge in [0.1, 0.15) is 0 Å². The van der Waals surface area contributed by atoms with E-state index in [-0.39, 0.29) is 6.61 Å². The molecule has 1 aromatic carbocycles. The molecule has 0 spiro atoms. The van der Waals surface area contributed by atoms with Crippen molar-refractivity contribution in [3.63, 3.8) is 0 Å². The van der Waals surface area contributed by atoms with Crippen LogP contribution in [0, 0.1) is 0 Å². The van der Waals surface area contributed by atoms with Gasteiger partial charge in [-0.2, -0.15) is 0 Å². The summed E-state index contributed by atoms with van der Waals surface area (Å²) in [5.41, 5.74) is 2.38. The molecule has 102 valence electrons. The molecule has 1 aromatic heterocycles. The van der Waals surface area contributed by atoms with E-state index in [0.717, 1.165) is 12.1 Å². The summed E-state index contributed by atoms with van der Waals surface area (Å²) in [7, 11) is 0. The van der Waals surface area contributed by atoms with Gasteiger partial charge >= 0.3 is 0 Å². The van der Waals surface area contributed by atoms with Gasteiger partial charge in [-0.25, -0.2) is 0 Å². The van der Waals surface area contributed by atoms with Crippen molar-refractivity contribution in [3.05, 3.63) is 36.0 Å². The lowest BCUT2D eigenvalue weighted by molar-refractivity contribution is 0.0822. The number of nitrogens with one attached hydrogen (secondary N) is 1. The number of nitrogens with zero attached hydrogens (tertiary/aromatic N) is 1. The summed E-state index contributed by atoms with van der Waals surface area (Å²) >= 11 is 0. The second kappa shape index (κ2) is 5.33. The van der Waals surface area contributed by atoms with E-state index in [9.17, 15) is 5.11 Å². The molecular weight excluding hydrogens is 240 g/mol. The molecule has 0 radical (unpaired) electrons. The highest BCUT2D eigenvalue weighted by Crippen LogP contribution is 2.21. The lowest BCUT2D eigenvalue weighted by Gasteiger charge is -2.11. The third kappa shape index (κ3) is 2.97. The minimum Gasteiger partial charge on any atom is -0.394 e. The first-order valence-corrected chi connectivity index (χ1v) is 6.86. The van der Waals surface area contributed by atoms with Crippen LogP contribution in [0.3, 0.4) is 0 Å². The second-order valence-electron chi connectivity index (χ2n) is 5.35. The van der Waals surface area contributed by atoms with Crippen LogP contribution in [0.25, 0.3) is 10.9 Å². The summed E-state index contributed by atoms with van der Waals surface area (Å²) in [6.45, 7) is 1.12. The van der Waals surface area contributed by atoms with Gasteiger partial charge in [-0.05, 0) is 35.9 Å². The van der Waals surface area contributed by atoms with Crippen LogP contribution in [0.5, 0.6) is 0 Å². The van der Waals surface area contributed by atoms with Crippen molar-refractivity contribution in [2.45, 2.75) is 38.1 Å². The highest BCUT2D eigenvalue weighted by molar-refractivity contribution is 5.80. The van der Waals surface area contributed by atoms with Crippen molar-refractivity contribution < 1.29 is 10.2 Å². The lowest BCUT2D eigenvalue weighted by Crippen LogP contribution is -2.19. The van der Waals surface area contributed by atoms with Crippen molar-refractivity contribution in [3.8, 4) is 0 Å². The maximum atomic E-state index is 9.56. The van der Waals surface area contributed by atoms with Gasteiger partial charge in [-0.15, -0.1) is 0 Å². The van der Waals surface area contributed by atoms with E-state index in [1.165, 1.54) is 23.8 Å². The van der Waals surface area contributed by atoms with Crippen LogP contribution in [0.2, 0.25) is 0 Å². The van der Waals surface area contributed by atoms with E-state index in [2.05, 4.69) is 23.5 Å². The van der Waals surface area contributed by atoms with Gasteiger partial charge in [0, 0.05) is 24.3 Å². The van der Waals surface area contributed by atoms with Crippen molar-refractivity contribution in [1.82, 2.24) is 9.88 Å². The number of fused-ring (bicyclic) bond motifs is 1. The average molecular weight is 260 g/mol. The molecule has 3 rings (SSSR count). The third-order valence-corrected chi connectivity index (χ3v) is 3.63. The van der Waals surface area contributed by atoms with Crippen molar-refractivity contribution in [2.75, 3.05) is 6.61 Å². The maximum Gasteiger partial charge on any atom is 0.0949 e. The maximum absolute atomic E-state index is 9.56. The summed E-state index contributed by atoms with van der Waals surface area (Å²) in [4.78, 5) is 0. The highest BCUT2D eigenvalue weighted by Gasteiger charge is 2.19. The quantitative estimate of drug-likeness (QED) is 0.732. The fourth-order valence-corrected chi connectivity index (χ4v) is 2.33. The van der Waals surface area contributed by atoms with Crippen LogP contribution in [-0.2, 0) is 13.1 Å². The molecule has 1 saturated carbocycles. The van der Waals surface area contributed by atoms with E-state index in [4.69, 9.17) is 5.11 Å². The Hall–Kier alpha value is -1.36. The number of aromatic nitrogens is 1. The van der Waals surface area contributed by atoms with Gasteiger partial charge in [-0.3, -0.25) is 0 Å². The number of hydrogen-bond donors (Lipinski definition) is 3. The Kier molecular flexibility index (Phi) is 3.55. The largest absolute Gasteiger partial charge is 0.394 e. The Morgan fingerprint density at radius 3 is 2.89 bits per heavy atom. The van der Waals surface area contributed by atoms with Crippen LogP contribution in [0.1, 0.15) is 18.4 Å². The third-order valence-electron chi connectivity index (χ3n) is 3.63. The van der Waals surface area contributed by atoms with E-state index in [1.54, 1.807) is 0 Å². The predicted molar refractivity (Wildman–Crippen MR) is 74.9 cm³/mol. The Balaban J connectivity index is 1.80. The van der Waals surface area contributed by atoms with Crippen LogP contribution in [0.15, 0.2) is 30.5 Å². The molecule has 1 heterocycles. The summed E-state index contributed by atoms with van der Waals surface area (Å²) in [5, 5.41) is 23.2. The molecule has 2 aromatic rings. The molecule has 1 aliphatic carbocycles. The van der Waals surface area contributed by atoms with Crippen LogP contribution < -0.4 is 5.32 Å². The Morgan fingerprint density at radius 1 is 1.32 bits per heavy atom. The zero-order chi connectivity index (χ0) is 13.2. The summed E-state index contributed by atoms with van der Waals surface area (Å²) in [5.74, 6) is 0. The fourth-order valence-electron chi connectivity index (χ4n) is 2.33. The Bertz CT molecular complexity index is 560. The lowest BCUT2D eigenvalue weighted by atomic mass is 10.1. The predicted octanol–water partition coefficient (Wildman–Crippen LogP) is 1.25. The van der Waals surface area contributed by atoms with Gasteiger partial charge in [0.05, 0.1) is 19.3 Å². The molecule has 3 N–H and O–H groups in total. The molecule has 0 bridgehead atoms. The van der Waals surface area contributed by atoms with Crippen molar-refractivity contribution in [2.24, 2.45) is 0 Å². The van der Waals surface area contributed by atoms with Crippen LogP contribution in [-0.4, -0.2) is 33.5 Å². The number of rotatable bonds is 6. The Morgan fingerprint density at radius 2 is 2.16 bits per heavy atom. The van der Waals surface area contributed by atoms with Gasteiger partial charge < -0.3 is 20.1 Å². The van der Waals surface area contributed by atoms with Crippen LogP contribution in [0.4, 0.5) is 0 Å². The van der Waals surface area contributed by atoms with E-state index < -0.39 is 6.10 Å². The molecule has 1 atom stereocenters. The minimum atomic E-state index is -0.705. The van der Waals surface area contributed by atoms with Gasteiger partial charge in [0.15, 0.2) is 0 Å². The number of aliphatic hydroxyl groups is 2. The molecule has 0 amide bonds. The SMILES string of the molecule is OCC(O)Cn1ccc2ccc(CNC3CC3)cc21. The zero-order valence-corrected chi connectivity index (χ0v) is 10.9. The number of aliphatic hydroxyl groups excluding tert-OH is 2. The second-order valence-corrected chi connectivity index (χ2v) is 5.35. The minimum absolute atomic E-state index is 0.206. The molecule has 4 nitrogen and oxygen atoms in total. The molecular formula is C15H20N2O2. The van der Waals surface area contributed by atoms with Gasteiger partial charge in [0.25, 0.3) is 0 Å². The molecule has 1 unspecified atom stereocenters. The van der Waals surface area contributed by atoms with E-state index in [0.29, 0.717) is 12.6 Å². The summed E-state index contributed by atoms with van der Waals surface area (Å²) in [6, 6.07) is 9.16. The van der Waals surface area contributed by atoms with E-state index in [1.807, 2.05) is 16.8 Å². The van der Waals surface area contributed by atoms with Gasteiger partial charge in [-0.1, -0.05) is 12.1 Å². The van der Waals surface area contributed by atoms with Crippen molar-refractivity contribution >= 4 is 10.9 Å². The first kappa shape index (κ1) is 12.7. The standard InChI is InChI=1S/C15H20N2O2/c18-10-14(19)9-17-6-5-12-2-1-11(7-15(12)17)8-16-13-3-4-13/h1-2,5-7,13-14,16,18-19H,3-4,8-10H2. The normalized spacial score (nSPS) is 16.9. The zero-order valence-electron chi connectivity index (χ0n) is 10.9. The average Bonchev–Trinajstić information content (AvgIpc) is 3.18. The summed E-state index contributed by atoms with van der Waals surface area (Å²) in [6.07, 6.45) is 3.84. The number of hydrogen-bond acceptors (Lipinski definition) is 3. The number of benzene rings is 1. The molecule has 1 aliphatic rings. The van der Waals surface area contributed by atoms with Crippen LogP contribution >= 0.6 is 0 Å². The molecule has 0 aliphatic heterocycles. The highest BCUT2D eigenvalue weighted by atomic mass is 16.3. The summed E-state index contributed by atoms with van der Waals surface area (Å²) < 4.78 is 2.00. The fraction of sp³-hybridized carbons (Fsp3) is 0.467. The first-order valence-electron chi connectivity index (χ1n) is 6.86. The Labute approximate surface area is 112 Å². The molecule has 1 fully saturated rings. The first-order chi connectivity index (χ1) is 9.26. The molecule has 4 heteroatoms. The van der Waals surface area contributed by atoms with E-state index >= 15 is 0 Å². The van der Waals surface area contributed by atoms with Gasteiger partial charge in [0.2, 0.25) is 0 Å².